The standard InChI is InChI=1S/C16H22N4O2/c1-11(10-17)20(2)15(21)9-5-8-14-18-13-7-4-3-6-12(13)16(22)19-14/h3-4,6-7,11H,5,8-10,17H2,1-2H3,(H,18,19,22). The van der Waals surface area contributed by atoms with Crippen LogP contribution >= 0.6 is 0 Å². The molecular weight excluding hydrogens is 280 g/mol. The number of hydrogen-bond acceptors (Lipinski definition) is 4. The SMILES string of the molecule is CC(CN)N(C)C(=O)CCCc1nc2ccccc2c(=O)[nH]1. The first-order valence-electron chi connectivity index (χ1n) is 7.46. The number of aromatic nitrogens is 2. The average molecular weight is 302 g/mol. The van der Waals surface area contributed by atoms with Crippen molar-refractivity contribution in [2.45, 2.75) is 32.2 Å². The van der Waals surface area contributed by atoms with Crippen LogP contribution in [0.4, 0.5) is 0 Å². The smallest absolute Gasteiger partial charge is 0.258 e. The summed E-state index contributed by atoms with van der Waals surface area (Å²) in [5.74, 6) is 0.673. The molecule has 1 amide bonds. The molecule has 0 saturated carbocycles. The number of benzene rings is 1. The Labute approximate surface area is 129 Å². The molecule has 1 unspecified atom stereocenters. The van der Waals surface area contributed by atoms with Gasteiger partial charge in [-0.2, -0.15) is 0 Å². The number of amides is 1. The zero-order valence-corrected chi connectivity index (χ0v) is 13.0. The minimum Gasteiger partial charge on any atom is -0.342 e. The Balaban J connectivity index is 1.98. The van der Waals surface area contributed by atoms with Gasteiger partial charge in [-0.05, 0) is 25.5 Å². The Hall–Kier alpha value is -2.21. The molecule has 0 aliphatic rings. The maximum absolute atomic E-state index is 12.0. The van der Waals surface area contributed by atoms with Crippen LogP contribution in [0.3, 0.4) is 0 Å². The van der Waals surface area contributed by atoms with Crippen LogP contribution in [0.25, 0.3) is 10.9 Å². The molecule has 3 N–H and O–H groups in total. The van der Waals surface area contributed by atoms with Crippen LogP contribution in [-0.2, 0) is 11.2 Å². The largest absolute Gasteiger partial charge is 0.342 e. The number of rotatable bonds is 6. The number of para-hydroxylation sites is 1. The number of fused-ring (bicyclic) bond motifs is 1. The van der Waals surface area contributed by atoms with Gasteiger partial charge in [-0.3, -0.25) is 9.59 Å². The first-order chi connectivity index (χ1) is 10.5. The number of aryl methyl sites for hydroxylation is 1. The topological polar surface area (TPSA) is 92.1 Å². The number of hydrogen-bond donors (Lipinski definition) is 2. The molecule has 0 bridgehead atoms. The molecule has 1 aromatic carbocycles. The van der Waals surface area contributed by atoms with Gasteiger partial charge in [-0.25, -0.2) is 4.98 Å². The summed E-state index contributed by atoms with van der Waals surface area (Å²) >= 11 is 0. The van der Waals surface area contributed by atoms with Crippen LogP contribution in [0.15, 0.2) is 29.1 Å². The van der Waals surface area contributed by atoms with E-state index in [4.69, 9.17) is 5.73 Å². The van der Waals surface area contributed by atoms with E-state index in [1.54, 1.807) is 18.0 Å². The lowest BCUT2D eigenvalue weighted by molar-refractivity contribution is -0.131. The molecule has 118 valence electrons. The molecule has 0 saturated heterocycles. The lowest BCUT2D eigenvalue weighted by atomic mass is 10.2. The van der Waals surface area contributed by atoms with Gasteiger partial charge in [-0.15, -0.1) is 0 Å². The molecule has 6 nitrogen and oxygen atoms in total. The van der Waals surface area contributed by atoms with Gasteiger partial charge in [0.25, 0.3) is 5.56 Å². The highest BCUT2D eigenvalue weighted by Crippen LogP contribution is 2.08. The maximum atomic E-state index is 12.0. The van der Waals surface area contributed by atoms with Crippen molar-refractivity contribution in [2.24, 2.45) is 5.73 Å². The summed E-state index contributed by atoms with van der Waals surface area (Å²) in [4.78, 5) is 32.8. The van der Waals surface area contributed by atoms with Gasteiger partial charge < -0.3 is 15.6 Å². The van der Waals surface area contributed by atoms with Crippen LogP contribution in [0, 0.1) is 0 Å². The zero-order chi connectivity index (χ0) is 16.1. The van der Waals surface area contributed by atoms with Crippen LogP contribution in [0.2, 0.25) is 0 Å². The molecule has 0 fully saturated rings. The Morgan fingerprint density at radius 1 is 1.41 bits per heavy atom. The van der Waals surface area contributed by atoms with Gasteiger partial charge in [0.15, 0.2) is 0 Å². The molecule has 1 aromatic heterocycles. The van der Waals surface area contributed by atoms with Crippen molar-refractivity contribution in [3.8, 4) is 0 Å². The number of nitrogens with two attached hydrogens (primary N) is 1. The van der Waals surface area contributed by atoms with Crippen molar-refractivity contribution in [3.63, 3.8) is 0 Å². The van der Waals surface area contributed by atoms with Gasteiger partial charge >= 0.3 is 0 Å². The number of likely N-dealkylation sites (N-methyl/N-ethyl adjacent to an activating group) is 1. The number of carbonyl (C=O) groups is 1. The predicted molar refractivity (Wildman–Crippen MR) is 86.6 cm³/mol. The van der Waals surface area contributed by atoms with Crippen molar-refractivity contribution >= 4 is 16.8 Å². The maximum Gasteiger partial charge on any atom is 0.258 e. The van der Waals surface area contributed by atoms with Crippen molar-refractivity contribution in [1.82, 2.24) is 14.9 Å². The summed E-state index contributed by atoms with van der Waals surface area (Å²) in [5.41, 5.74) is 6.10. The van der Waals surface area contributed by atoms with E-state index < -0.39 is 0 Å². The molecule has 0 radical (unpaired) electrons. The van der Waals surface area contributed by atoms with E-state index >= 15 is 0 Å². The Morgan fingerprint density at radius 2 is 2.14 bits per heavy atom. The summed E-state index contributed by atoms with van der Waals surface area (Å²) in [7, 11) is 1.76. The summed E-state index contributed by atoms with van der Waals surface area (Å²) in [5, 5.41) is 0.582. The van der Waals surface area contributed by atoms with Crippen LogP contribution in [0.5, 0.6) is 0 Å². The third-order valence-electron chi connectivity index (χ3n) is 3.86. The molecule has 0 spiro atoms. The fourth-order valence-corrected chi connectivity index (χ4v) is 2.24. The molecule has 0 aliphatic heterocycles. The molecule has 1 heterocycles. The van der Waals surface area contributed by atoms with Crippen molar-refractivity contribution < 1.29 is 4.79 Å². The summed E-state index contributed by atoms with van der Waals surface area (Å²) in [6.07, 6.45) is 1.62. The Morgan fingerprint density at radius 3 is 2.86 bits per heavy atom. The number of nitrogens with zero attached hydrogens (tertiary/aromatic N) is 2. The second-order valence-corrected chi connectivity index (χ2v) is 5.47. The minimum atomic E-state index is -0.138. The van der Waals surface area contributed by atoms with Gasteiger partial charge in [0.1, 0.15) is 5.82 Å². The van der Waals surface area contributed by atoms with Gasteiger partial charge in [0.2, 0.25) is 5.91 Å². The molecule has 1 atom stereocenters. The fourth-order valence-electron chi connectivity index (χ4n) is 2.24. The van der Waals surface area contributed by atoms with Gasteiger partial charge in [0, 0.05) is 32.5 Å². The summed E-state index contributed by atoms with van der Waals surface area (Å²) < 4.78 is 0. The normalized spacial score (nSPS) is 12.3. The number of aromatic amines is 1. The monoisotopic (exact) mass is 302 g/mol. The van der Waals surface area contributed by atoms with E-state index in [0.29, 0.717) is 42.5 Å². The number of nitrogens with one attached hydrogen (secondary N) is 1. The van der Waals surface area contributed by atoms with Crippen molar-refractivity contribution in [3.05, 3.63) is 40.4 Å². The average Bonchev–Trinajstić information content (AvgIpc) is 2.53. The molecule has 0 aliphatic carbocycles. The van der Waals surface area contributed by atoms with E-state index in [1.165, 1.54) is 0 Å². The third-order valence-corrected chi connectivity index (χ3v) is 3.86. The van der Waals surface area contributed by atoms with E-state index in [0.717, 1.165) is 0 Å². The first kappa shape index (κ1) is 16.2. The van der Waals surface area contributed by atoms with Gasteiger partial charge in [-0.1, -0.05) is 12.1 Å². The summed E-state index contributed by atoms with van der Waals surface area (Å²) in [6.45, 7) is 2.36. The van der Waals surface area contributed by atoms with Crippen LogP contribution in [0.1, 0.15) is 25.6 Å². The number of carbonyl (C=O) groups excluding carboxylic acids is 1. The molecular formula is C16H22N4O2. The van der Waals surface area contributed by atoms with Crippen molar-refractivity contribution in [2.75, 3.05) is 13.6 Å². The Kier molecular flexibility index (Phi) is 5.27. The zero-order valence-electron chi connectivity index (χ0n) is 13.0. The lowest BCUT2D eigenvalue weighted by Crippen LogP contribution is -2.39. The van der Waals surface area contributed by atoms with Crippen LogP contribution in [-0.4, -0.2) is 40.4 Å². The molecule has 22 heavy (non-hydrogen) atoms. The fraction of sp³-hybridized carbons (Fsp3) is 0.438. The highest BCUT2D eigenvalue weighted by Gasteiger charge is 2.14. The first-order valence-corrected chi connectivity index (χ1v) is 7.46. The third kappa shape index (κ3) is 3.71. The number of H-pyrrole nitrogens is 1. The van der Waals surface area contributed by atoms with E-state index in [1.807, 2.05) is 25.1 Å². The van der Waals surface area contributed by atoms with E-state index in [-0.39, 0.29) is 17.5 Å². The van der Waals surface area contributed by atoms with E-state index in [2.05, 4.69) is 9.97 Å². The molecule has 2 rings (SSSR count). The Bertz CT molecular complexity index is 711. The quantitative estimate of drug-likeness (QED) is 0.834. The van der Waals surface area contributed by atoms with Crippen LogP contribution < -0.4 is 11.3 Å². The highest BCUT2D eigenvalue weighted by molar-refractivity contribution is 5.77. The predicted octanol–water partition coefficient (Wildman–Crippen LogP) is 1.05. The molecule has 2 aromatic rings. The highest BCUT2D eigenvalue weighted by atomic mass is 16.2. The second-order valence-electron chi connectivity index (χ2n) is 5.47. The van der Waals surface area contributed by atoms with E-state index in [9.17, 15) is 9.59 Å². The summed E-state index contributed by atoms with van der Waals surface area (Å²) in [6, 6.07) is 7.26. The minimum absolute atomic E-state index is 0.0334. The molecule has 6 heteroatoms. The van der Waals surface area contributed by atoms with Crippen molar-refractivity contribution in [1.29, 1.82) is 0 Å². The van der Waals surface area contributed by atoms with Gasteiger partial charge in [0.05, 0.1) is 10.9 Å². The second kappa shape index (κ2) is 7.17. The lowest BCUT2D eigenvalue weighted by Gasteiger charge is -2.23.